The number of aromatic nitrogens is 1. The Labute approximate surface area is 141 Å². The van der Waals surface area contributed by atoms with E-state index in [1.165, 1.54) is 19.9 Å². The van der Waals surface area contributed by atoms with E-state index in [9.17, 15) is 22.8 Å². The largest absolute Gasteiger partial charge is 0.418 e. The predicted octanol–water partition coefficient (Wildman–Crippen LogP) is 3.77. The third kappa shape index (κ3) is 4.17. The van der Waals surface area contributed by atoms with E-state index in [0.29, 0.717) is 12.1 Å². The molecule has 0 radical (unpaired) electrons. The van der Waals surface area contributed by atoms with Gasteiger partial charge in [-0.3, -0.25) is 9.59 Å². The topological polar surface area (TPSA) is 84.2 Å². The molecule has 0 aliphatic carbocycles. The van der Waals surface area contributed by atoms with Gasteiger partial charge in [-0.25, -0.2) is 0 Å². The van der Waals surface area contributed by atoms with Crippen LogP contribution >= 0.6 is 0 Å². The summed E-state index contributed by atoms with van der Waals surface area (Å²) < 4.78 is 44.8. The van der Waals surface area contributed by atoms with Crippen molar-refractivity contribution in [2.45, 2.75) is 33.4 Å². The first kappa shape index (κ1) is 18.5. The third-order valence-corrected chi connectivity index (χ3v) is 3.39. The molecule has 2 amide bonds. The fraction of sp³-hybridized carbons (Fsp3) is 0.312. The molecule has 25 heavy (non-hydrogen) atoms. The van der Waals surface area contributed by atoms with Crippen LogP contribution in [0.5, 0.6) is 0 Å². The Bertz CT molecular complexity index is 813. The summed E-state index contributed by atoms with van der Waals surface area (Å²) >= 11 is 0. The predicted molar refractivity (Wildman–Crippen MR) is 84.3 cm³/mol. The van der Waals surface area contributed by atoms with E-state index in [4.69, 9.17) is 4.52 Å². The van der Waals surface area contributed by atoms with E-state index in [2.05, 4.69) is 15.8 Å². The molecule has 0 fully saturated rings. The van der Waals surface area contributed by atoms with Crippen LogP contribution in [0.2, 0.25) is 0 Å². The van der Waals surface area contributed by atoms with Crippen molar-refractivity contribution in [3.05, 3.63) is 40.8 Å². The summed E-state index contributed by atoms with van der Waals surface area (Å²) in [6.07, 6.45) is -4.32. The lowest BCUT2D eigenvalue weighted by atomic mass is 10.1. The molecule has 0 bridgehead atoms. The van der Waals surface area contributed by atoms with Crippen LogP contribution in [0.4, 0.5) is 24.5 Å². The Morgan fingerprint density at radius 1 is 1.24 bits per heavy atom. The molecule has 0 atom stereocenters. The van der Waals surface area contributed by atoms with Crippen molar-refractivity contribution in [1.29, 1.82) is 0 Å². The van der Waals surface area contributed by atoms with Crippen LogP contribution in [0.15, 0.2) is 22.7 Å². The molecule has 9 heteroatoms. The number of alkyl halides is 3. The van der Waals surface area contributed by atoms with Crippen molar-refractivity contribution in [2.24, 2.45) is 0 Å². The lowest BCUT2D eigenvalue weighted by molar-refractivity contribution is -0.137. The number of anilines is 2. The van der Waals surface area contributed by atoms with Gasteiger partial charge in [0.1, 0.15) is 11.3 Å². The summed E-state index contributed by atoms with van der Waals surface area (Å²) in [4.78, 5) is 23.4. The van der Waals surface area contributed by atoms with Gasteiger partial charge in [0, 0.05) is 12.6 Å². The van der Waals surface area contributed by atoms with E-state index >= 15 is 0 Å². The van der Waals surface area contributed by atoms with Gasteiger partial charge < -0.3 is 15.2 Å². The van der Waals surface area contributed by atoms with Gasteiger partial charge in [0.2, 0.25) is 5.91 Å². The van der Waals surface area contributed by atoms with Gasteiger partial charge in [-0.15, -0.1) is 0 Å². The highest BCUT2D eigenvalue weighted by atomic mass is 19.4. The molecule has 0 saturated heterocycles. The van der Waals surface area contributed by atoms with Crippen molar-refractivity contribution in [2.75, 3.05) is 10.6 Å². The Morgan fingerprint density at radius 3 is 2.48 bits per heavy atom. The number of carbonyl (C=O) groups is 2. The molecule has 134 valence electrons. The maximum absolute atomic E-state index is 13.3. The second kappa shape index (κ2) is 6.96. The summed E-state index contributed by atoms with van der Waals surface area (Å²) in [6.45, 7) is 4.44. The molecule has 0 unspecified atom stereocenters. The monoisotopic (exact) mass is 355 g/mol. The molecule has 0 saturated carbocycles. The number of benzene rings is 1. The van der Waals surface area contributed by atoms with Crippen molar-refractivity contribution < 1.29 is 27.3 Å². The molecule has 1 aromatic heterocycles. The lowest BCUT2D eigenvalue weighted by Gasteiger charge is -2.15. The summed E-state index contributed by atoms with van der Waals surface area (Å²) in [5.74, 6) is -1.02. The van der Waals surface area contributed by atoms with Crippen molar-refractivity contribution in [3.63, 3.8) is 0 Å². The zero-order valence-electron chi connectivity index (χ0n) is 13.7. The zero-order valence-corrected chi connectivity index (χ0v) is 13.7. The molecule has 0 spiro atoms. The summed E-state index contributed by atoms with van der Waals surface area (Å²) in [5.41, 5.74) is -1.04. The van der Waals surface area contributed by atoms with Gasteiger partial charge in [-0.1, -0.05) is 12.1 Å². The normalized spacial score (nSPS) is 11.3. The van der Waals surface area contributed by atoms with Crippen LogP contribution in [0.1, 0.15) is 41.2 Å². The smallest absolute Gasteiger partial charge is 0.361 e. The van der Waals surface area contributed by atoms with Crippen LogP contribution in [-0.2, 0) is 17.4 Å². The molecule has 6 nitrogen and oxygen atoms in total. The first-order valence-corrected chi connectivity index (χ1v) is 7.38. The van der Waals surface area contributed by atoms with Gasteiger partial charge in [0.15, 0.2) is 0 Å². The third-order valence-electron chi connectivity index (χ3n) is 3.39. The Balaban J connectivity index is 2.40. The quantitative estimate of drug-likeness (QED) is 0.874. The molecule has 2 N–H and O–H groups in total. The number of carbonyl (C=O) groups excluding carboxylic acids is 2. The minimum Gasteiger partial charge on any atom is -0.361 e. The van der Waals surface area contributed by atoms with Crippen LogP contribution < -0.4 is 10.6 Å². The standard InChI is InChI=1S/C16H16F3N3O3/c1-4-12-14(8(2)25-22-12)15(24)21-13-6-5-10(20-9(3)23)7-11(13)16(17,18)19/h5-7H,4H2,1-3H3,(H,20,23)(H,21,24). The number of hydrogen-bond donors (Lipinski definition) is 2. The molecule has 1 aromatic carbocycles. The molecule has 0 aliphatic rings. The number of nitrogens with one attached hydrogen (secondary N) is 2. The van der Waals surface area contributed by atoms with Gasteiger partial charge in [-0.05, 0) is 31.5 Å². The van der Waals surface area contributed by atoms with Crippen LogP contribution in [0, 0.1) is 6.92 Å². The minimum absolute atomic E-state index is 0.0202. The molecule has 1 heterocycles. The summed E-state index contributed by atoms with van der Waals surface area (Å²) in [6, 6.07) is 3.12. The van der Waals surface area contributed by atoms with E-state index in [1.807, 2.05) is 0 Å². The minimum atomic E-state index is -4.71. The number of amides is 2. The van der Waals surface area contributed by atoms with E-state index < -0.39 is 29.2 Å². The van der Waals surface area contributed by atoms with E-state index in [1.54, 1.807) is 6.92 Å². The Kier molecular flexibility index (Phi) is 5.15. The highest BCUT2D eigenvalue weighted by Gasteiger charge is 2.35. The summed E-state index contributed by atoms with van der Waals surface area (Å²) in [7, 11) is 0. The van der Waals surface area contributed by atoms with E-state index in [-0.39, 0.29) is 17.0 Å². The SMILES string of the molecule is CCc1noc(C)c1C(=O)Nc1ccc(NC(C)=O)cc1C(F)(F)F. The second-order valence-electron chi connectivity index (χ2n) is 5.31. The maximum Gasteiger partial charge on any atom is 0.418 e. The molecule has 2 aromatic rings. The average Bonchev–Trinajstić information content (AvgIpc) is 2.88. The van der Waals surface area contributed by atoms with Crippen molar-refractivity contribution >= 4 is 23.2 Å². The molecular weight excluding hydrogens is 339 g/mol. The molecule has 2 rings (SSSR count). The number of rotatable bonds is 4. The number of aryl methyl sites for hydroxylation is 2. The molecular formula is C16H16F3N3O3. The maximum atomic E-state index is 13.3. The average molecular weight is 355 g/mol. The second-order valence-corrected chi connectivity index (χ2v) is 5.31. The van der Waals surface area contributed by atoms with Crippen molar-refractivity contribution in [3.8, 4) is 0 Å². The molecule has 0 aliphatic heterocycles. The number of nitrogens with zero attached hydrogens (tertiary/aromatic N) is 1. The highest BCUT2D eigenvalue weighted by Crippen LogP contribution is 2.37. The number of halogens is 3. The van der Waals surface area contributed by atoms with Gasteiger partial charge >= 0.3 is 6.18 Å². The fourth-order valence-electron chi connectivity index (χ4n) is 2.30. The Hall–Kier alpha value is -2.84. The van der Waals surface area contributed by atoms with Crippen LogP contribution in [-0.4, -0.2) is 17.0 Å². The zero-order chi connectivity index (χ0) is 18.8. The number of hydrogen-bond acceptors (Lipinski definition) is 4. The summed E-state index contributed by atoms with van der Waals surface area (Å²) in [5, 5.41) is 8.23. The van der Waals surface area contributed by atoms with Gasteiger partial charge in [-0.2, -0.15) is 13.2 Å². The lowest BCUT2D eigenvalue weighted by Crippen LogP contribution is -2.18. The first-order chi connectivity index (χ1) is 11.6. The first-order valence-electron chi connectivity index (χ1n) is 7.38. The highest BCUT2D eigenvalue weighted by molar-refractivity contribution is 6.06. The van der Waals surface area contributed by atoms with Gasteiger partial charge in [0.25, 0.3) is 5.91 Å². The van der Waals surface area contributed by atoms with Crippen LogP contribution in [0.25, 0.3) is 0 Å². The van der Waals surface area contributed by atoms with E-state index in [0.717, 1.165) is 12.1 Å². The van der Waals surface area contributed by atoms with Gasteiger partial charge in [0.05, 0.1) is 16.9 Å². The van der Waals surface area contributed by atoms with Crippen LogP contribution in [0.3, 0.4) is 0 Å². The Morgan fingerprint density at radius 2 is 1.92 bits per heavy atom. The fourth-order valence-corrected chi connectivity index (χ4v) is 2.30. The van der Waals surface area contributed by atoms with Crippen molar-refractivity contribution in [1.82, 2.24) is 5.16 Å².